The average molecular weight is 213 g/mol. The van der Waals surface area contributed by atoms with Gasteiger partial charge in [-0.2, -0.15) is 0 Å². The van der Waals surface area contributed by atoms with Crippen molar-refractivity contribution in [2.24, 2.45) is 0 Å². The Morgan fingerprint density at radius 3 is 2.87 bits per heavy atom. The number of carbonyl (C=O) groups excluding carboxylic acids is 1. The molecule has 0 radical (unpaired) electrons. The van der Waals surface area contributed by atoms with E-state index >= 15 is 0 Å². The van der Waals surface area contributed by atoms with Gasteiger partial charge in [0.2, 0.25) is 0 Å². The number of hydrogen-bond acceptors (Lipinski definition) is 3. The third kappa shape index (κ3) is 2.49. The first-order chi connectivity index (χ1) is 7.31. The molecule has 0 aromatic heterocycles. The molecule has 86 valence electrons. The maximum atomic E-state index is 12.0. The minimum absolute atomic E-state index is 0.161. The molecule has 2 saturated heterocycles. The molecule has 2 rings (SSSR count). The van der Waals surface area contributed by atoms with Crippen LogP contribution in [0.25, 0.3) is 0 Å². The van der Waals surface area contributed by atoms with E-state index in [4.69, 9.17) is 9.47 Å². The largest absolute Gasteiger partial charge is 0.380 e. The van der Waals surface area contributed by atoms with Crippen LogP contribution in [0.4, 0.5) is 0 Å². The van der Waals surface area contributed by atoms with Crippen LogP contribution in [0.15, 0.2) is 0 Å². The lowest BCUT2D eigenvalue weighted by Crippen LogP contribution is -2.41. The molecule has 0 bridgehead atoms. The Bertz CT molecular complexity index is 226. The third-order valence-corrected chi connectivity index (χ3v) is 3.25. The van der Waals surface area contributed by atoms with Crippen LogP contribution >= 0.6 is 0 Å². The smallest absolute Gasteiger partial charge is 0.251 e. The van der Waals surface area contributed by atoms with E-state index in [-0.39, 0.29) is 18.1 Å². The number of nitrogens with zero attached hydrogens (tertiary/aromatic N) is 1. The van der Waals surface area contributed by atoms with Crippen LogP contribution in [-0.2, 0) is 14.3 Å². The third-order valence-electron chi connectivity index (χ3n) is 3.25. The zero-order chi connectivity index (χ0) is 10.7. The number of methoxy groups -OCH3 is 1. The molecule has 2 aliphatic heterocycles. The highest BCUT2D eigenvalue weighted by atomic mass is 16.5. The van der Waals surface area contributed by atoms with E-state index in [9.17, 15) is 4.79 Å². The lowest BCUT2D eigenvalue weighted by atomic mass is 10.1. The summed E-state index contributed by atoms with van der Waals surface area (Å²) >= 11 is 0. The molecule has 2 atom stereocenters. The minimum Gasteiger partial charge on any atom is -0.380 e. The van der Waals surface area contributed by atoms with Gasteiger partial charge in [0.25, 0.3) is 5.91 Å². The quantitative estimate of drug-likeness (QED) is 0.681. The number of hydrogen-bond donors (Lipinski definition) is 0. The monoisotopic (exact) mass is 213 g/mol. The number of ether oxygens (including phenoxy) is 2. The van der Waals surface area contributed by atoms with Crippen molar-refractivity contribution in [3.05, 3.63) is 0 Å². The van der Waals surface area contributed by atoms with Crippen LogP contribution in [0, 0.1) is 0 Å². The Morgan fingerprint density at radius 1 is 1.40 bits per heavy atom. The summed E-state index contributed by atoms with van der Waals surface area (Å²) in [5, 5.41) is 0. The van der Waals surface area contributed by atoms with Crippen LogP contribution in [0.5, 0.6) is 0 Å². The summed E-state index contributed by atoms with van der Waals surface area (Å²) in [6.45, 7) is 2.28. The molecular weight excluding hydrogens is 194 g/mol. The second kappa shape index (κ2) is 4.94. The highest BCUT2D eigenvalue weighted by molar-refractivity contribution is 5.81. The summed E-state index contributed by atoms with van der Waals surface area (Å²) in [6.07, 6.45) is 4.07. The second-order valence-electron chi connectivity index (χ2n) is 4.29. The fraction of sp³-hybridized carbons (Fsp3) is 0.909. The Morgan fingerprint density at radius 2 is 2.27 bits per heavy atom. The van der Waals surface area contributed by atoms with Crippen molar-refractivity contribution in [2.75, 3.05) is 26.8 Å². The SMILES string of the molecule is COC1CCN(C(=O)C2CCCCO2)C1. The molecule has 2 unspecified atom stereocenters. The number of amides is 1. The van der Waals surface area contributed by atoms with E-state index in [1.54, 1.807) is 7.11 Å². The molecule has 4 nitrogen and oxygen atoms in total. The molecular formula is C11H19NO3. The predicted molar refractivity (Wildman–Crippen MR) is 55.6 cm³/mol. The van der Waals surface area contributed by atoms with E-state index < -0.39 is 0 Å². The van der Waals surface area contributed by atoms with Crippen LogP contribution in [0.2, 0.25) is 0 Å². The molecule has 15 heavy (non-hydrogen) atoms. The summed E-state index contributed by atoms with van der Waals surface area (Å²) in [7, 11) is 1.70. The molecule has 2 aliphatic rings. The van der Waals surface area contributed by atoms with E-state index in [2.05, 4.69) is 0 Å². The standard InChI is InChI=1S/C11H19NO3/c1-14-9-5-6-12(8-9)11(13)10-4-2-3-7-15-10/h9-10H,2-8H2,1H3. The summed E-state index contributed by atoms with van der Waals surface area (Å²) in [5.41, 5.74) is 0. The van der Waals surface area contributed by atoms with Crippen LogP contribution in [-0.4, -0.2) is 49.8 Å². The molecule has 2 heterocycles. The highest BCUT2D eigenvalue weighted by Crippen LogP contribution is 2.19. The van der Waals surface area contributed by atoms with Gasteiger partial charge in [0.15, 0.2) is 0 Å². The Labute approximate surface area is 90.5 Å². The first kappa shape index (κ1) is 10.9. The van der Waals surface area contributed by atoms with E-state index in [1.165, 1.54) is 0 Å². The molecule has 2 fully saturated rings. The molecule has 0 saturated carbocycles. The zero-order valence-corrected chi connectivity index (χ0v) is 9.28. The molecule has 0 spiro atoms. The van der Waals surface area contributed by atoms with Crippen LogP contribution in [0.3, 0.4) is 0 Å². The van der Waals surface area contributed by atoms with Crippen molar-refractivity contribution in [1.29, 1.82) is 0 Å². The number of carbonyl (C=O) groups is 1. The first-order valence-electron chi connectivity index (χ1n) is 5.74. The van der Waals surface area contributed by atoms with Crippen molar-refractivity contribution in [1.82, 2.24) is 4.90 Å². The average Bonchev–Trinajstić information content (AvgIpc) is 2.78. The minimum atomic E-state index is -0.186. The topological polar surface area (TPSA) is 38.8 Å². The Balaban J connectivity index is 1.85. The van der Waals surface area contributed by atoms with Gasteiger partial charge in [-0.15, -0.1) is 0 Å². The van der Waals surface area contributed by atoms with Crippen molar-refractivity contribution in [2.45, 2.75) is 37.9 Å². The predicted octanol–water partition coefficient (Wildman–Crippen LogP) is 0.803. The summed E-state index contributed by atoms with van der Waals surface area (Å²) in [4.78, 5) is 13.9. The molecule has 0 N–H and O–H groups in total. The maximum Gasteiger partial charge on any atom is 0.251 e. The summed E-state index contributed by atoms with van der Waals surface area (Å²) in [5.74, 6) is 0.161. The van der Waals surface area contributed by atoms with Gasteiger partial charge in [-0.25, -0.2) is 0 Å². The van der Waals surface area contributed by atoms with Crippen molar-refractivity contribution < 1.29 is 14.3 Å². The van der Waals surface area contributed by atoms with Gasteiger partial charge in [0, 0.05) is 26.8 Å². The van der Waals surface area contributed by atoms with Gasteiger partial charge < -0.3 is 14.4 Å². The van der Waals surface area contributed by atoms with Gasteiger partial charge >= 0.3 is 0 Å². The fourth-order valence-corrected chi connectivity index (χ4v) is 2.26. The summed E-state index contributed by atoms with van der Waals surface area (Å²) in [6, 6.07) is 0. The summed E-state index contributed by atoms with van der Waals surface area (Å²) < 4.78 is 10.7. The van der Waals surface area contributed by atoms with Gasteiger partial charge in [-0.1, -0.05) is 0 Å². The van der Waals surface area contributed by atoms with E-state index in [1.807, 2.05) is 4.90 Å². The first-order valence-corrected chi connectivity index (χ1v) is 5.74. The Kier molecular flexibility index (Phi) is 3.59. The van der Waals surface area contributed by atoms with E-state index in [0.717, 1.165) is 45.4 Å². The van der Waals surface area contributed by atoms with Crippen molar-refractivity contribution in [3.63, 3.8) is 0 Å². The number of rotatable bonds is 2. The zero-order valence-electron chi connectivity index (χ0n) is 9.28. The highest BCUT2D eigenvalue weighted by Gasteiger charge is 2.31. The van der Waals surface area contributed by atoms with E-state index in [0.29, 0.717) is 0 Å². The van der Waals surface area contributed by atoms with Gasteiger partial charge in [-0.3, -0.25) is 4.79 Å². The van der Waals surface area contributed by atoms with Gasteiger partial charge in [-0.05, 0) is 25.7 Å². The van der Waals surface area contributed by atoms with Crippen LogP contribution < -0.4 is 0 Å². The molecule has 1 amide bonds. The van der Waals surface area contributed by atoms with Gasteiger partial charge in [0.1, 0.15) is 6.10 Å². The van der Waals surface area contributed by atoms with Gasteiger partial charge in [0.05, 0.1) is 6.10 Å². The Hall–Kier alpha value is -0.610. The fourth-order valence-electron chi connectivity index (χ4n) is 2.26. The molecule has 4 heteroatoms. The second-order valence-corrected chi connectivity index (χ2v) is 4.29. The molecule has 0 aromatic carbocycles. The normalized spacial score (nSPS) is 31.9. The van der Waals surface area contributed by atoms with Crippen molar-refractivity contribution in [3.8, 4) is 0 Å². The maximum absolute atomic E-state index is 12.0. The van der Waals surface area contributed by atoms with Crippen LogP contribution in [0.1, 0.15) is 25.7 Å². The lowest BCUT2D eigenvalue weighted by Gasteiger charge is -2.26. The lowest BCUT2D eigenvalue weighted by molar-refractivity contribution is -0.145. The molecule has 0 aliphatic carbocycles. The molecule has 0 aromatic rings. The van der Waals surface area contributed by atoms with Crippen molar-refractivity contribution >= 4 is 5.91 Å². The number of likely N-dealkylation sites (tertiary alicyclic amines) is 1.